The quantitative estimate of drug-likeness (QED) is 0.183. The number of hydrogen-bond donors (Lipinski definition) is 0. The Morgan fingerprint density at radius 1 is 0.756 bits per heavy atom. The summed E-state index contributed by atoms with van der Waals surface area (Å²) in [5.41, 5.74) is 13.9. The minimum absolute atomic E-state index is 0.740. The fourth-order valence-corrected chi connectivity index (χ4v) is 6.84. The molecule has 0 radical (unpaired) electrons. The Kier molecular flexibility index (Phi) is 6.72. The van der Waals surface area contributed by atoms with E-state index in [1.54, 1.807) is 0 Å². The van der Waals surface area contributed by atoms with Crippen molar-refractivity contribution in [1.29, 1.82) is 0 Å². The van der Waals surface area contributed by atoms with Crippen LogP contribution in [-0.2, 0) is 6.42 Å². The third kappa shape index (κ3) is 4.51. The first-order chi connectivity index (χ1) is 22.2. The van der Waals surface area contributed by atoms with Gasteiger partial charge in [0.05, 0.1) is 22.4 Å². The van der Waals surface area contributed by atoms with Crippen LogP contribution in [0.5, 0.6) is 0 Å². The van der Waals surface area contributed by atoms with E-state index < -0.39 is 0 Å². The molecule has 7 aromatic rings. The molecule has 0 spiro atoms. The van der Waals surface area contributed by atoms with Crippen LogP contribution in [0.2, 0.25) is 0 Å². The van der Waals surface area contributed by atoms with Crippen LogP contribution in [0, 0.1) is 0 Å². The highest BCUT2D eigenvalue weighted by molar-refractivity contribution is 6.18. The van der Waals surface area contributed by atoms with Gasteiger partial charge in [-0.3, -0.25) is 0 Å². The maximum atomic E-state index is 5.33. The molecule has 0 aliphatic heterocycles. The van der Waals surface area contributed by atoms with E-state index in [0.29, 0.717) is 0 Å². The van der Waals surface area contributed by atoms with Crippen molar-refractivity contribution in [3.63, 3.8) is 0 Å². The minimum Gasteiger partial charge on any atom is -0.309 e. The minimum atomic E-state index is 0.740. The van der Waals surface area contributed by atoms with Gasteiger partial charge in [0.2, 0.25) is 0 Å². The van der Waals surface area contributed by atoms with Gasteiger partial charge < -0.3 is 4.57 Å². The lowest BCUT2D eigenvalue weighted by molar-refractivity contribution is 1.14. The molecule has 0 bridgehead atoms. The Bertz CT molecular complexity index is 2270. The monoisotopic (exact) mass is 579 g/mol. The Balaban J connectivity index is 1.52. The van der Waals surface area contributed by atoms with Gasteiger partial charge in [-0.1, -0.05) is 116 Å². The molecular formula is C42H33N3. The van der Waals surface area contributed by atoms with Crippen molar-refractivity contribution in [1.82, 2.24) is 14.5 Å². The Hall–Kier alpha value is -5.54. The summed E-state index contributed by atoms with van der Waals surface area (Å²) in [6.45, 7) is 4.24. The van der Waals surface area contributed by atoms with Gasteiger partial charge in [-0.2, -0.15) is 0 Å². The zero-order chi connectivity index (χ0) is 30.3. The second-order valence-electron chi connectivity index (χ2n) is 11.6. The van der Waals surface area contributed by atoms with Crippen molar-refractivity contribution in [2.45, 2.75) is 26.7 Å². The first kappa shape index (κ1) is 27.0. The molecule has 0 atom stereocenters. The van der Waals surface area contributed by atoms with E-state index in [1.807, 2.05) is 6.07 Å². The number of fused-ring (bicyclic) bond motifs is 7. The smallest absolute Gasteiger partial charge is 0.161 e. The molecule has 0 unspecified atom stereocenters. The lowest BCUT2D eigenvalue weighted by atomic mass is 9.96. The molecule has 2 aromatic heterocycles. The topological polar surface area (TPSA) is 30.7 Å². The highest BCUT2D eigenvalue weighted by Gasteiger charge is 2.28. The standard InChI is InChI=1S/C42H33N3/c1-3-5-16-28(4-2)37-27-38(29-17-8-6-9-18-29)44-42(43-37)36-26-34-32-22-13-12-19-30(32)25-35(34)41-40(36)33-23-14-15-24-39(33)45(41)31-20-10-7-11-21-31/h4-24,26-27H,3,25H2,1-2H3/b16-5-,28-4+. The fraction of sp³-hybridized carbons (Fsp3) is 0.0952. The first-order valence-corrected chi connectivity index (χ1v) is 15.8. The van der Waals surface area contributed by atoms with Gasteiger partial charge in [0.25, 0.3) is 0 Å². The number of rotatable bonds is 6. The second kappa shape index (κ2) is 11.2. The molecule has 0 N–H and O–H groups in total. The average Bonchev–Trinajstić information content (AvgIpc) is 3.65. The van der Waals surface area contributed by atoms with Gasteiger partial charge in [-0.05, 0) is 71.5 Å². The van der Waals surface area contributed by atoms with Crippen molar-refractivity contribution >= 4 is 27.4 Å². The Labute approximate surface area is 263 Å². The largest absolute Gasteiger partial charge is 0.309 e. The summed E-state index contributed by atoms with van der Waals surface area (Å²) in [6.07, 6.45) is 8.37. The zero-order valence-electron chi connectivity index (χ0n) is 25.5. The molecule has 0 saturated heterocycles. The van der Waals surface area contributed by atoms with Crippen LogP contribution in [0.4, 0.5) is 0 Å². The van der Waals surface area contributed by atoms with Crippen LogP contribution in [0.25, 0.3) is 66.8 Å². The maximum Gasteiger partial charge on any atom is 0.161 e. The predicted octanol–water partition coefficient (Wildman–Crippen LogP) is 10.8. The second-order valence-corrected chi connectivity index (χ2v) is 11.6. The SMILES string of the molecule is C/C=C(\C=C/CC)c1cc(-c2ccccc2)nc(-c2cc3c(c4c2c2ccccc2n4-c2ccccc2)Cc2ccccc2-3)n1. The molecule has 45 heavy (non-hydrogen) atoms. The van der Waals surface area contributed by atoms with Gasteiger partial charge in [0.15, 0.2) is 5.82 Å². The molecule has 2 heterocycles. The number of allylic oxidation sites excluding steroid dienone is 4. The van der Waals surface area contributed by atoms with E-state index in [2.05, 4.69) is 152 Å². The summed E-state index contributed by atoms with van der Waals surface area (Å²) in [7, 11) is 0. The van der Waals surface area contributed by atoms with E-state index >= 15 is 0 Å². The van der Waals surface area contributed by atoms with Crippen LogP contribution in [0.15, 0.2) is 140 Å². The van der Waals surface area contributed by atoms with Crippen molar-refractivity contribution in [3.8, 4) is 39.5 Å². The van der Waals surface area contributed by atoms with E-state index in [9.17, 15) is 0 Å². The van der Waals surface area contributed by atoms with Crippen molar-refractivity contribution in [2.24, 2.45) is 0 Å². The van der Waals surface area contributed by atoms with Crippen LogP contribution in [0.1, 0.15) is 37.1 Å². The fourth-order valence-electron chi connectivity index (χ4n) is 6.84. The Morgan fingerprint density at radius 2 is 1.49 bits per heavy atom. The molecule has 3 heteroatoms. The molecule has 8 rings (SSSR count). The van der Waals surface area contributed by atoms with E-state index in [0.717, 1.165) is 52.4 Å². The maximum absolute atomic E-state index is 5.33. The van der Waals surface area contributed by atoms with E-state index in [4.69, 9.17) is 9.97 Å². The number of para-hydroxylation sites is 2. The lowest BCUT2D eigenvalue weighted by Crippen LogP contribution is -2.00. The highest BCUT2D eigenvalue weighted by Crippen LogP contribution is 2.48. The number of aromatic nitrogens is 3. The molecule has 3 nitrogen and oxygen atoms in total. The number of benzene rings is 5. The number of nitrogens with zero attached hydrogens (tertiary/aromatic N) is 3. The number of hydrogen-bond acceptors (Lipinski definition) is 2. The molecule has 0 fully saturated rings. The van der Waals surface area contributed by atoms with E-state index in [1.165, 1.54) is 44.1 Å². The van der Waals surface area contributed by atoms with Gasteiger partial charge >= 0.3 is 0 Å². The van der Waals surface area contributed by atoms with Crippen LogP contribution in [-0.4, -0.2) is 14.5 Å². The average molecular weight is 580 g/mol. The van der Waals surface area contributed by atoms with Gasteiger partial charge in [-0.15, -0.1) is 0 Å². The first-order valence-electron chi connectivity index (χ1n) is 15.8. The summed E-state index contributed by atoms with van der Waals surface area (Å²) in [4.78, 5) is 10.7. The van der Waals surface area contributed by atoms with Gasteiger partial charge in [0.1, 0.15) is 0 Å². The summed E-state index contributed by atoms with van der Waals surface area (Å²) in [6, 6.07) is 43.2. The summed E-state index contributed by atoms with van der Waals surface area (Å²) >= 11 is 0. The third-order valence-electron chi connectivity index (χ3n) is 8.91. The van der Waals surface area contributed by atoms with Crippen molar-refractivity contribution in [2.75, 3.05) is 0 Å². The van der Waals surface area contributed by atoms with Crippen LogP contribution >= 0.6 is 0 Å². The third-order valence-corrected chi connectivity index (χ3v) is 8.91. The summed E-state index contributed by atoms with van der Waals surface area (Å²) in [5.74, 6) is 0.740. The molecule has 5 aromatic carbocycles. The summed E-state index contributed by atoms with van der Waals surface area (Å²) in [5, 5.41) is 2.40. The van der Waals surface area contributed by atoms with Crippen molar-refractivity contribution < 1.29 is 0 Å². The molecule has 0 amide bonds. The van der Waals surface area contributed by atoms with Crippen LogP contribution < -0.4 is 0 Å². The summed E-state index contributed by atoms with van der Waals surface area (Å²) < 4.78 is 2.45. The van der Waals surface area contributed by atoms with Gasteiger partial charge in [0, 0.05) is 34.0 Å². The molecule has 216 valence electrons. The molecule has 1 aliphatic carbocycles. The highest BCUT2D eigenvalue weighted by atomic mass is 15.0. The normalized spacial score (nSPS) is 12.7. The van der Waals surface area contributed by atoms with Crippen LogP contribution in [0.3, 0.4) is 0 Å². The molecule has 1 aliphatic rings. The Morgan fingerprint density at radius 3 is 2.29 bits per heavy atom. The van der Waals surface area contributed by atoms with Gasteiger partial charge in [-0.25, -0.2) is 9.97 Å². The molecule has 0 saturated carbocycles. The van der Waals surface area contributed by atoms with Crippen molar-refractivity contribution in [3.05, 3.63) is 156 Å². The zero-order valence-corrected chi connectivity index (χ0v) is 25.5. The molecular weight excluding hydrogens is 546 g/mol. The predicted molar refractivity (Wildman–Crippen MR) is 189 cm³/mol. The van der Waals surface area contributed by atoms with E-state index in [-0.39, 0.29) is 0 Å². The lowest BCUT2D eigenvalue weighted by Gasteiger charge is -2.15.